The summed E-state index contributed by atoms with van der Waals surface area (Å²) < 4.78 is 5.22. The van der Waals surface area contributed by atoms with Gasteiger partial charge in [-0.2, -0.15) is 0 Å². The lowest BCUT2D eigenvalue weighted by molar-refractivity contribution is -0.122. The SMILES string of the molecule is COc1cc([C@H]2CC(=O)NC3=C2C(=O)C[C@H](c2ccc(C(C)(C)C)cc2)C3)ccc1O. The summed E-state index contributed by atoms with van der Waals surface area (Å²) in [6.45, 7) is 6.54. The molecule has 0 saturated carbocycles. The molecule has 31 heavy (non-hydrogen) atoms. The van der Waals surface area contributed by atoms with E-state index < -0.39 is 0 Å². The monoisotopic (exact) mass is 419 g/mol. The number of carbonyl (C=O) groups excluding carboxylic acids is 2. The van der Waals surface area contributed by atoms with Crippen molar-refractivity contribution in [1.29, 1.82) is 0 Å². The summed E-state index contributed by atoms with van der Waals surface area (Å²) in [5, 5.41) is 12.9. The molecule has 0 saturated heterocycles. The Morgan fingerprint density at radius 2 is 1.65 bits per heavy atom. The van der Waals surface area contributed by atoms with Gasteiger partial charge in [-0.3, -0.25) is 9.59 Å². The van der Waals surface area contributed by atoms with Gasteiger partial charge in [0.1, 0.15) is 0 Å². The highest BCUT2D eigenvalue weighted by Crippen LogP contribution is 2.44. The summed E-state index contributed by atoms with van der Waals surface area (Å²) in [7, 11) is 1.48. The summed E-state index contributed by atoms with van der Waals surface area (Å²) >= 11 is 0. The van der Waals surface area contributed by atoms with Crippen molar-refractivity contribution in [2.75, 3.05) is 7.11 Å². The number of rotatable bonds is 3. The molecule has 0 radical (unpaired) electrons. The fourth-order valence-electron chi connectivity index (χ4n) is 4.65. The quantitative estimate of drug-likeness (QED) is 0.756. The molecule has 2 aromatic rings. The molecule has 0 bridgehead atoms. The first kappa shape index (κ1) is 21.2. The Hall–Kier alpha value is -3.08. The van der Waals surface area contributed by atoms with E-state index in [1.165, 1.54) is 12.7 Å². The Balaban J connectivity index is 1.66. The Morgan fingerprint density at radius 1 is 0.968 bits per heavy atom. The molecule has 162 valence electrons. The lowest BCUT2D eigenvalue weighted by Crippen LogP contribution is -2.38. The predicted molar refractivity (Wildman–Crippen MR) is 119 cm³/mol. The van der Waals surface area contributed by atoms with Crippen LogP contribution in [0.15, 0.2) is 53.7 Å². The molecule has 1 aliphatic heterocycles. The topological polar surface area (TPSA) is 75.6 Å². The molecular formula is C26H29NO4. The number of hydrogen-bond acceptors (Lipinski definition) is 4. The molecule has 1 heterocycles. The van der Waals surface area contributed by atoms with E-state index in [2.05, 4.69) is 50.4 Å². The van der Waals surface area contributed by atoms with Gasteiger partial charge >= 0.3 is 0 Å². The number of methoxy groups -OCH3 is 1. The maximum atomic E-state index is 13.3. The van der Waals surface area contributed by atoms with Gasteiger partial charge in [0.2, 0.25) is 5.91 Å². The summed E-state index contributed by atoms with van der Waals surface area (Å²) in [6, 6.07) is 13.5. The Bertz CT molecular complexity index is 1060. The van der Waals surface area contributed by atoms with Crippen LogP contribution in [-0.4, -0.2) is 23.9 Å². The average molecular weight is 420 g/mol. The van der Waals surface area contributed by atoms with Crippen LogP contribution in [0.4, 0.5) is 0 Å². The molecule has 1 amide bonds. The van der Waals surface area contributed by atoms with Crippen LogP contribution in [-0.2, 0) is 15.0 Å². The molecule has 2 aromatic carbocycles. The van der Waals surface area contributed by atoms with E-state index in [0.29, 0.717) is 24.2 Å². The largest absolute Gasteiger partial charge is 0.504 e. The van der Waals surface area contributed by atoms with Crippen molar-refractivity contribution in [3.05, 3.63) is 70.4 Å². The minimum absolute atomic E-state index is 0.0365. The van der Waals surface area contributed by atoms with Gasteiger partial charge in [-0.1, -0.05) is 51.1 Å². The Morgan fingerprint density at radius 3 is 2.29 bits per heavy atom. The van der Waals surface area contributed by atoms with Gasteiger partial charge in [-0.15, -0.1) is 0 Å². The predicted octanol–water partition coefficient (Wildman–Crippen LogP) is 4.70. The molecule has 0 unspecified atom stereocenters. The van der Waals surface area contributed by atoms with Gasteiger partial charge in [-0.25, -0.2) is 0 Å². The summed E-state index contributed by atoms with van der Waals surface area (Å²) in [5.41, 5.74) is 4.68. The Kier molecular flexibility index (Phi) is 5.38. The van der Waals surface area contributed by atoms with Crippen LogP contribution in [0.5, 0.6) is 11.5 Å². The number of aromatic hydroxyl groups is 1. The normalized spacial score (nSPS) is 21.5. The highest BCUT2D eigenvalue weighted by atomic mass is 16.5. The van der Waals surface area contributed by atoms with Gasteiger partial charge in [0, 0.05) is 30.0 Å². The van der Waals surface area contributed by atoms with E-state index in [0.717, 1.165) is 16.8 Å². The number of nitrogens with one attached hydrogen (secondary N) is 1. The molecule has 5 nitrogen and oxygen atoms in total. The third kappa shape index (κ3) is 4.09. The van der Waals surface area contributed by atoms with Crippen molar-refractivity contribution in [3.63, 3.8) is 0 Å². The first-order valence-corrected chi connectivity index (χ1v) is 10.7. The molecule has 2 atom stereocenters. The van der Waals surface area contributed by atoms with Gasteiger partial charge in [0.05, 0.1) is 7.11 Å². The Labute approximate surface area is 183 Å². The third-order valence-corrected chi connectivity index (χ3v) is 6.39. The highest BCUT2D eigenvalue weighted by Gasteiger charge is 2.38. The highest BCUT2D eigenvalue weighted by molar-refractivity contribution is 6.02. The zero-order chi connectivity index (χ0) is 22.3. The van der Waals surface area contributed by atoms with E-state index in [4.69, 9.17) is 4.74 Å². The fourth-order valence-corrected chi connectivity index (χ4v) is 4.65. The van der Waals surface area contributed by atoms with Crippen LogP contribution in [0.2, 0.25) is 0 Å². The van der Waals surface area contributed by atoms with Gasteiger partial charge in [0.15, 0.2) is 17.3 Å². The van der Waals surface area contributed by atoms with E-state index in [1.807, 2.05) is 0 Å². The van der Waals surface area contributed by atoms with E-state index >= 15 is 0 Å². The van der Waals surface area contributed by atoms with E-state index in [-0.39, 0.29) is 41.1 Å². The lowest BCUT2D eigenvalue weighted by atomic mass is 9.73. The molecule has 4 rings (SSSR count). The zero-order valence-electron chi connectivity index (χ0n) is 18.5. The summed E-state index contributed by atoms with van der Waals surface area (Å²) in [6.07, 6.45) is 1.27. The van der Waals surface area contributed by atoms with Crippen LogP contribution in [0.1, 0.15) is 68.6 Å². The maximum Gasteiger partial charge on any atom is 0.225 e. The van der Waals surface area contributed by atoms with Crippen molar-refractivity contribution in [2.45, 2.75) is 57.3 Å². The van der Waals surface area contributed by atoms with Gasteiger partial charge in [-0.05, 0) is 46.6 Å². The van der Waals surface area contributed by atoms with Crippen LogP contribution < -0.4 is 10.1 Å². The second kappa shape index (κ2) is 7.88. The van der Waals surface area contributed by atoms with Gasteiger partial charge < -0.3 is 15.2 Å². The number of amides is 1. The number of benzene rings is 2. The van der Waals surface area contributed by atoms with Crippen molar-refractivity contribution >= 4 is 11.7 Å². The molecule has 0 aromatic heterocycles. The minimum Gasteiger partial charge on any atom is -0.504 e. The van der Waals surface area contributed by atoms with Crippen LogP contribution >= 0.6 is 0 Å². The second-order valence-corrected chi connectivity index (χ2v) is 9.53. The zero-order valence-corrected chi connectivity index (χ0v) is 18.5. The molecule has 2 aliphatic rings. The maximum absolute atomic E-state index is 13.3. The number of Topliss-reactive ketones (excluding diaryl/α,β-unsaturated/α-hetero) is 1. The molecule has 5 heteroatoms. The number of hydrogen-bond donors (Lipinski definition) is 2. The van der Waals surface area contributed by atoms with Crippen LogP contribution in [0, 0.1) is 0 Å². The molecule has 0 fully saturated rings. The van der Waals surface area contributed by atoms with Crippen molar-refractivity contribution < 1.29 is 19.4 Å². The van der Waals surface area contributed by atoms with Crippen molar-refractivity contribution in [1.82, 2.24) is 5.32 Å². The summed E-state index contributed by atoms with van der Waals surface area (Å²) in [5.74, 6) is 0.0827. The minimum atomic E-state index is -0.324. The van der Waals surface area contributed by atoms with Crippen molar-refractivity contribution in [2.24, 2.45) is 0 Å². The summed E-state index contributed by atoms with van der Waals surface area (Å²) in [4.78, 5) is 25.8. The molecule has 2 N–H and O–H groups in total. The first-order chi connectivity index (χ1) is 14.7. The number of phenols is 1. The standard InChI is InChI=1S/C26H29NO4/c1-26(2,3)18-8-5-15(6-9-18)17-11-20-25(22(29)12-17)19(14-24(30)27-20)16-7-10-21(28)23(13-16)31-4/h5-10,13,17,19,28H,11-12,14H2,1-4H3,(H,27,30)/t17-,19-/m1/s1. The number of ketones is 1. The number of carbonyl (C=O) groups is 2. The number of ether oxygens (including phenoxy) is 1. The number of phenolic OH excluding ortho intramolecular Hbond substituents is 1. The molecular weight excluding hydrogens is 390 g/mol. The van der Waals surface area contributed by atoms with E-state index in [1.54, 1.807) is 18.2 Å². The molecule has 0 spiro atoms. The van der Waals surface area contributed by atoms with Crippen molar-refractivity contribution in [3.8, 4) is 11.5 Å². The first-order valence-electron chi connectivity index (χ1n) is 10.7. The second-order valence-electron chi connectivity index (χ2n) is 9.53. The smallest absolute Gasteiger partial charge is 0.225 e. The fraction of sp³-hybridized carbons (Fsp3) is 0.385. The van der Waals surface area contributed by atoms with Crippen LogP contribution in [0.3, 0.4) is 0 Å². The lowest BCUT2D eigenvalue weighted by Gasteiger charge is -2.34. The van der Waals surface area contributed by atoms with Gasteiger partial charge in [0.25, 0.3) is 0 Å². The third-order valence-electron chi connectivity index (χ3n) is 6.39. The number of allylic oxidation sites excluding steroid dienone is 2. The average Bonchev–Trinajstić information content (AvgIpc) is 2.72. The van der Waals surface area contributed by atoms with Crippen LogP contribution in [0.25, 0.3) is 0 Å². The van der Waals surface area contributed by atoms with E-state index in [9.17, 15) is 14.7 Å². The molecule has 1 aliphatic carbocycles.